The molecule has 7 heteroatoms. The van der Waals surface area contributed by atoms with Gasteiger partial charge in [-0.1, -0.05) is 6.92 Å². The monoisotopic (exact) mass is 338 g/mol. The lowest BCUT2D eigenvalue weighted by atomic mass is 10.0. The lowest BCUT2D eigenvalue weighted by molar-refractivity contribution is -0.121. The Balaban J connectivity index is 2.14. The van der Waals surface area contributed by atoms with Gasteiger partial charge in [-0.25, -0.2) is 0 Å². The van der Waals surface area contributed by atoms with Crippen LogP contribution in [0.2, 0.25) is 0 Å². The Kier molecular flexibility index (Phi) is 5.18. The van der Waals surface area contributed by atoms with Crippen molar-refractivity contribution in [2.24, 2.45) is 7.05 Å². The number of nitrogens with one attached hydrogen (secondary N) is 2. The van der Waals surface area contributed by atoms with E-state index < -0.39 is 0 Å². The molecule has 1 atom stereocenters. The van der Waals surface area contributed by atoms with Crippen molar-refractivity contribution in [1.82, 2.24) is 20.1 Å². The van der Waals surface area contributed by atoms with Gasteiger partial charge in [0, 0.05) is 28.9 Å². The van der Waals surface area contributed by atoms with Gasteiger partial charge < -0.3 is 10.3 Å². The third kappa shape index (κ3) is 3.47. The van der Waals surface area contributed by atoms with Crippen LogP contribution >= 0.6 is 23.6 Å². The van der Waals surface area contributed by atoms with Gasteiger partial charge in [0.1, 0.15) is 0 Å². The van der Waals surface area contributed by atoms with Crippen LogP contribution in [0.5, 0.6) is 0 Å². The molecule has 2 aromatic rings. The van der Waals surface area contributed by atoms with Gasteiger partial charge in [-0.3, -0.25) is 9.48 Å². The SMILES string of the molecule is CC[C@@H](NC(=O)Cc1sc(=S)[nH]c1C)c1c(C)nn(C)c1C. The number of amides is 1. The molecule has 0 aliphatic heterocycles. The van der Waals surface area contributed by atoms with Gasteiger partial charge in [0.05, 0.1) is 18.2 Å². The van der Waals surface area contributed by atoms with E-state index in [2.05, 4.69) is 22.3 Å². The Morgan fingerprint density at radius 3 is 2.59 bits per heavy atom. The van der Waals surface area contributed by atoms with Gasteiger partial charge in [-0.2, -0.15) is 5.10 Å². The molecule has 0 spiro atoms. The van der Waals surface area contributed by atoms with Gasteiger partial charge in [0.25, 0.3) is 0 Å². The molecule has 0 bridgehead atoms. The highest BCUT2D eigenvalue weighted by atomic mass is 32.1. The average Bonchev–Trinajstić information content (AvgIpc) is 2.87. The molecule has 2 heterocycles. The number of carbonyl (C=O) groups is 1. The summed E-state index contributed by atoms with van der Waals surface area (Å²) in [5.41, 5.74) is 4.17. The second kappa shape index (κ2) is 6.75. The van der Waals surface area contributed by atoms with Crippen molar-refractivity contribution in [2.45, 2.75) is 46.6 Å². The molecule has 0 saturated carbocycles. The summed E-state index contributed by atoms with van der Waals surface area (Å²) in [6.07, 6.45) is 1.19. The van der Waals surface area contributed by atoms with E-state index in [0.29, 0.717) is 10.4 Å². The molecule has 5 nitrogen and oxygen atoms in total. The van der Waals surface area contributed by atoms with E-state index in [1.165, 1.54) is 11.3 Å². The standard InChI is InChI=1S/C15H22N4OS2/c1-6-11(14-9(3)18-19(5)10(14)4)17-13(20)7-12-8(2)16-15(21)22-12/h11H,6-7H2,1-5H3,(H,16,21)(H,17,20)/t11-/m1/s1. The van der Waals surface area contributed by atoms with E-state index >= 15 is 0 Å². The minimum atomic E-state index is -0.00609. The molecule has 2 aromatic heterocycles. The third-order valence-electron chi connectivity index (χ3n) is 3.90. The van der Waals surface area contributed by atoms with Crippen LogP contribution in [-0.4, -0.2) is 20.7 Å². The normalized spacial score (nSPS) is 12.4. The first-order valence-electron chi connectivity index (χ1n) is 7.31. The van der Waals surface area contributed by atoms with E-state index in [0.717, 1.165) is 33.9 Å². The number of nitrogens with zero attached hydrogens (tertiary/aromatic N) is 2. The largest absolute Gasteiger partial charge is 0.349 e. The van der Waals surface area contributed by atoms with Crippen LogP contribution in [0.1, 0.15) is 46.9 Å². The molecule has 120 valence electrons. The Hall–Kier alpha value is -1.47. The molecule has 2 rings (SSSR count). The highest BCUT2D eigenvalue weighted by molar-refractivity contribution is 7.73. The van der Waals surface area contributed by atoms with Crippen LogP contribution in [0.15, 0.2) is 0 Å². The van der Waals surface area contributed by atoms with Crippen molar-refractivity contribution in [2.75, 3.05) is 0 Å². The Bertz CT molecular complexity index is 741. The molecule has 0 fully saturated rings. The quantitative estimate of drug-likeness (QED) is 0.823. The van der Waals surface area contributed by atoms with Crippen LogP contribution in [0, 0.1) is 24.7 Å². The van der Waals surface area contributed by atoms with Gasteiger partial charge in [-0.05, 0) is 39.4 Å². The van der Waals surface area contributed by atoms with Crippen LogP contribution in [0.3, 0.4) is 0 Å². The van der Waals surface area contributed by atoms with Gasteiger partial charge >= 0.3 is 0 Å². The fourth-order valence-electron chi connectivity index (χ4n) is 2.67. The lowest BCUT2D eigenvalue weighted by Crippen LogP contribution is -2.30. The summed E-state index contributed by atoms with van der Waals surface area (Å²) >= 11 is 6.58. The Morgan fingerprint density at radius 1 is 1.45 bits per heavy atom. The van der Waals surface area contributed by atoms with E-state index in [1.54, 1.807) is 0 Å². The third-order valence-corrected chi connectivity index (χ3v) is 5.24. The molecule has 1 amide bonds. The van der Waals surface area contributed by atoms with Crippen LogP contribution in [-0.2, 0) is 18.3 Å². The maximum atomic E-state index is 12.4. The van der Waals surface area contributed by atoms with Crippen molar-refractivity contribution in [3.05, 3.63) is 31.5 Å². The maximum absolute atomic E-state index is 12.4. The summed E-state index contributed by atoms with van der Waals surface area (Å²) in [7, 11) is 1.93. The summed E-state index contributed by atoms with van der Waals surface area (Å²) in [4.78, 5) is 16.4. The van der Waals surface area contributed by atoms with Crippen molar-refractivity contribution in [1.29, 1.82) is 0 Å². The second-order valence-electron chi connectivity index (χ2n) is 5.48. The number of aromatic amines is 1. The molecule has 0 saturated heterocycles. The predicted molar refractivity (Wildman–Crippen MR) is 91.8 cm³/mol. The fraction of sp³-hybridized carbons (Fsp3) is 0.533. The molecule has 0 unspecified atom stereocenters. The molecule has 0 aromatic carbocycles. The Morgan fingerprint density at radius 2 is 2.14 bits per heavy atom. The minimum absolute atomic E-state index is 0.00609. The van der Waals surface area contributed by atoms with Gasteiger partial charge in [0.15, 0.2) is 3.95 Å². The molecule has 0 radical (unpaired) electrons. The fourth-order valence-corrected chi connectivity index (χ4v) is 3.96. The number of thiazole rings is 1. The van der Waals surface area contributed by atoms with Crippen molar-refractivity contribution in [3.8, 4) is 0 Å². The van der Waals surface area contributed by atoms with Crippen LogP contribution < -0.4 is 5.32 Å². The van der Waals surface area contributed by atoms with E-state index in [4.69, 9.17) is 12.2 Å². The molecule has 22 heavy (non-hydrogen) atoms. The topological polar surface area (TPSA) is 62.7 Å². The van der Waals surface area contributed by atoms with Crippen molar-refractivity contribution >= 4 is 29.5 Å². The smallest absolute Gasteiger partial charge is 0.225 e. The summed E-state index contributed by atoms with van der Waals surface area (Å²) in [6.45, 7) is 8.04. The number of hydrogen-bond acceptors (Lipinski definition) is 4. The number of rotatable bonds is 5. The summed E-state index contributed by atoms with van der Waals surface area (Å²) in [5.74, 6) is 0.0165. The van der Waals surface area contributed by atoms with E-state index in [1.807, 2.05) is 32.5 Å². The number of hydrogen-bond donors (Lipinski definition) is 2. The number of carbonyl (C=O) groups excluding carboxylic acids is 1. The highest BCUT2D eigenvalue weighted by Crippen LogP contribution is 2.24. The first-order valence-corrected chi connectivity index (χ1v) is 8.54. The second-order valence-corrected chi connectivity index (χ2v) is 7.25. The van der Waals surface area contributed by atoms with E-state index in [9.17, 15) is 4.79 Å². The zero-order valence-corrected chi connectivity index (χ0v) is 15.2. The average molecular weight is 339 g/mol. The zero-order valence-electron chi connectivity index (χ0n) is 13.6. The number of aryl methyl sites for hydroxylation is 3. The number of aromatic nitrogens is 3. The summed E-state index contributed by atoms with van der Waals surface area (Å²) in [5, 5.41) is 7.57. The molecular weight excluding hydrogens is 316 g/mol. The molecule has 0 aliphatic rings. The summed E-state index contributed by atoms with van der Waals surface area (Å²) < 4.78 is 2.58. The Labute approximate surface area is 139 Å². The maximum Gasteiger partial charge on any atom is 0.225 e. The first-order chi connectivity index (χ1) is 10.3. The van der Waals surface area contributed by atoms with Gasteiger partial charge in [0.2, 0.25) is 5.91 Å². The molecular formula is C15H22N4OS2. The number of H-pyrrole nitrogens is 1. The van der Waals surface area contributed by atoms with Crippen molar-refractivity contribution < 1.29 is 4.79 Å². The molecule has 0 aliphatic carbocycles. The zero-order chi connectivity index (χ0) is 16.4. The van der Waals surface area contributed by atoms with Crippen LogP contribution in [0.25, 0.3) is 0 Å². The van der Waals surface area contributed by atoms with Crippen LogP contribution in [0.4, 0.5) is 0 Å². The van der Waals surface area contributed by atoms with Crippen molar-refractivity contribution in [3.63, 3.8) is 0 Å². The highest BCUT2D eigenvalue weighted by Gasteiger charge is 2.21. The first kappa shape index (κ1) is 16.9. The van der Waals surface area contributed by atoms with Gasteiger partial charge in [-0.15, -0.1) is 11.3 Å². The molecule has 2 N–H and O–H groups in total. The minimum Gasteiger partial charge on any atom is -0.349 e. The predicted octanol–water partition coefficient (Wildman–Crippen LogP) is 3.27. The van der Waals surface area contributed by atoms with E-state index in [-0.39, 0.29) is 11.9 Å². The lowest BCUT2D eigenvalue weighted by Gasteiger charge is -2.18. The summed E-state index contributed by atoms with van der Waals surface area (Å²) in [6, 6.07) is -0.00609.